The Labute approximate surface area is 102 Å². The molecular weight excluding hydrogens is 240 g/mol. The molecule has 0 unspecified atom stereocenters. The number of hydrogen-bond acceptors (Lipinski definition) is 4. The van der Waals surface area contributed by atoms with E-state index in [-0.39, 0.29) is 11.4 Å². The van der Waals surface area contributed by atoms with Crippen LogP contribution in [0.1, 0.15) is 23.5 Å². The number of hydrogen-bond donors (Lipinski definition) is 2. The Morgan fingerprint density at radius 1 is 1.50 bits per heavy atom. The van der Waals surface area contributed by atoms with E-state index in [1.54, 1.807) is 11.3 Å². The molecule has 2 heterocycles. The molecule has 86 valence electrons. The third-order valence-corrected chi connectivity index (χ3v) is 4.42. The first-order valence-electron chi connectivity index (χ1n) is 5.01. The molecule has 16 heavy (non-hydrogen) atoms. The standard InChI is InChI=1S/C11H14N2OS2/c1-11(2,6-12)13-10(14)9-5-8-7(16-9)3-4-15-8/h3-5H,6,12H2,1-2H3,(H,13,14). The van der Waals surface area contributed by atoms with Crippen molar-refractivity contribution >= 4 is 38.0 Å². The molecule has 2 rings (SSSR count). The van der Waals surface area contributed by atoms with Crippen molar-refractivity contribution < 1.29 is 4.79 Å². The van der Waals surface area contributed by atoms with Crippen LogP contribution in [-0.2, 0) is 0 Å². The molecule has 0 radical (unpaired) electrons. The van der Waals surface area contributed by atoms with Gasteiger partial charge in [-0.3, -0.25) is 4.79 Å². The van der Waals surface area contributed by atoms with Gasteiger partial charge in [0.05, 0.1) is 4.88 Å². The second kappa shape index (κ2) is 4.16. The fourth-order valence-corrected chi connectivity index (χ4v) is 3.30. The fraction of sp³-hybridized carbons (Fsp3) is 0.364. The van der Waals surface area contributed by atoms with Gasteiger partial charge in [-0.05, 0) is 31.4 Å². The van der Waals surface area contributed by atoms with Crippen molar-refractivity contribution in [1.29, 1.82) is 0 Å². The first kappa shape index (κ1) is 11.6. The maximum atomic E-state index is 11.9. The van der Waals surface area contributed by atoms with E-state index in [2.05, 4.69) is 5.32 Å². The molecule has 0 spiro atoms. The van der Waals surface area contributed by atoms with Gasteiger partial charge in [0.2, 0.25) is 0 Å². The lowest BCUT2D eigenvalue weighted by Crippen LogP contribution is -2.48. The first-order chi connectivity index (χ1) is 7.52. The summed E-state index contributed by atoms with van der Waals surface area (Å²) in [6.07, 6.45) is 0. The normalized spacial score (nSPS) is 11.9. The molecule has 2 aromatic rings. The van der Waals surface area contributed by atoms with Crippen LogP contribution in [0.3, 0.4) is 0 Å². The summed E-state index contributed by atoms with van der Waals surface area (Å²) >= 11 is 3.18. The number of carbonyl (C=O) groups excluding carboxylic acids is 1. The van der Waals surface area contributed by atoms with Gasteiger partial charge in [0.1, 0.15) is 0 Å². The second-order valence-electron chi connectivity index (χ2n) is 4.30. The molecule has 0 aliphatic rings. The predicted octanol–water partition coefficient (Wildman–Crippen LogP) is 2.43. The van der Waals surface area contributed by atoms with E-state index in [1.165, 1.54) is 20.7 Å². The SMILES string of the molecule is CC(C)(CN)NC(=O)c1cc2sccc2s1. The molecule has 0 saturated carbocycles. The number of fused-ring (bicyclic) bond motifs is 1. The Hall–Kier alpha value is -0.910. The highest BCUT2D eigenvalue weighted by molar-refractivity contribution is 7.27. The van der Waals surface area contributed by atoms with Gasteiger partial charge in [-0.15, -0.1) is 22.7 Å². The Morgan fingerprint density at radius 2 is 2.25 bits per heavy atom. The Kier molecular flexibility index (Phi) is 3.01. The Balaban J connectivity index is 2.19. The monoisotopic (exact) mass is 254 g/mol. The van der Waals surface area contributed by atoms with Gasteiger partial charge < -0.3 is 11.1 Å². The Morgan fingerprint density at radius 3 is 2.88 bits per heavy atom. The molecule has 0 aromatic carbocycles. The highest BCUT2D eigenvalue weighted by Gasteiger charge is 2.20. The summed E-state index contributed by atoms with van der Waals surface area (Å²) in [7, 11) is 0. The van der Waals surface area contributed by atoms with Crippen LogP contribution in [0.15, 0.2) is 17.5 Å². The van der Waals surface area contributed by atoms with Crippen LogP contribution in [-0.4, -0.2) is 18.0 Å². The molecule has 0 aliphatic carbocycles. The lowest BCUT2D eigenvalue weighted by molar-refractivity contribution is 0.0920. The van der Waals surface area contributed by atoms with Crippen LogP contribution in [0.2, 0.25) is 0 Å². The number of amides is 1. The average molecular weight is 254 g/mol. The molecule has 1 amide bonds. The zero-order valence-corrected chi connectivity index (χ0v) is 10.9. The highest BCUT2D eigenvalue weighted by atomic mass is 32.1. The van der Waals surface area contributed by atoms with Gasteiger partial charge in [0.25, 0.3) is 5.91 Å². The van der Waals surface area contributed by atoms with E-state index in [0.717, 1.165) is 4.88 Å². The van der Waals surface area contributed by atoms with Crippen LogP contribution in [0.4, 0.5) is 0 Å². The number of nitrogens with one attached hydrogen (secondary N) is 1. The summed E-state index contributed by atoms with van der Waals surface area (Å²) in [5.41, 5.74) is 5.23. The van der Waals surface area contributed by atoms with E-state index in [1.807, 2.05) is 31.4 Å². The minimum absolute atomic E-state index is 0.0381. The lowest BCUT2D eigenvalue weighted by atomic mass is 10.1. The van der Waals surface area contributed by atoms with Crippen molar-refractivity contribution in [2.75, 3.05) is 6.54 Å². The van der Waals surface area contributed by atoms with Gasteiger partial charge in [-0.2, -0.15) is 0 Å². The quantitative estimate of drug-likeness (QED) is 0.884. The molecule has 0 aliphatic heterocycles. The molecule has 3 N–H and O–H groups in total. The van der Waals surface area contributed by atoms with Gasteiger partial charge >= 0.3 is 0 Å². The van der Waals surface area contributed by atoms with Crippen molar-refractivity contribution in [2.45, 2.75) is 19.4 Å². The summed E-state index contributed by atoms with van der Waals surface area (Å²) in [6.45, 7) is 4.26. The minimum atomic E-state index is -0.353. The topological polar surface area (TPSA) is 55.1 Å². The maximum Gasteiger partial charge on any atom is 0.261 e. The molecule has 5 heteroatoms. The highest BCUT2D eigenvalue weighted by Crippen LogP contribution is 2.30. The van der Waals surface area contributed by atoms with Crippen molar-refractivity contribution in [3.63, 3.8) is 0 Å². The van der Waals surface area contributed by atoms with Crippen molar-refractivity contribution in [2.24, 2.45) is 5.73 Å². The minimum Gasteiger partial charge on any atom is -0.345 e. The van der Waals surface area contributed by atoms with Crippen LogP contribution >= 0.6 is 22.7 Å². The maximum absolute atomic E-state index is 11.9. The third kappa shape index (κ3) is 2.26. The molecule has 0 atom stereocenters. The molecule has 0 bridgehead atoms. The van der Waals surface area contributed by atoms with Crippen LogP contribution < -0.4 is 11.1 Å². The van der Waals surface area contributed by atoms with Crippen molar-refractivity contribution in [1.82, 2.24) is 5.32 Å². The zero-order valence-electron chi connectivity index (χ0n) is 9.24. The van der Waals surface area contributed by atoms with E-state index in [9.17, 15) is 4.79 Å². The molecule has 0 saturated heterocycles. The summed E-state index contributed by atoms with van der Waals surface area (Å²) in [4.78, 5) is 12.7. The number of thiophene rings is 2. The number of rotatable bonds is 3. The zero-order chi connectivity index (χ0) is 11.8. The smallest absolute Gasteiger partial charge is 0.261 e. The van der Waals surface area contributed by atoms with Crippen molar-refractivity contribution in [3.05, 3.63) is 22.4 Å². The summed E-state index contributed by atoms with van der Waals surface area (Å²) < 4.78 is 2.33. The van der Waals surface area contributed by atoms with Crippen LogP contribution in [0.25, 0.3) is 9.40 Å². The van der Waals surface area contributed by atoms with Gasteiger partial charge in [-0.25, -0.2) is 0 Å². The molecular formula is C11H14N2OS2. The average Bonchev–Trinajstić information content (AvgIpc) is 2.75. The van der Waals surface area contributed by atoms with E-state index < -0.39 is 0 Å². The number of nitrogens with two attached hydrogens (primary N) is 1. The fourth-order valence-electron chi connectivity index (χ4n) is 1.30. The summed E-state index contributed by atoms with van der Waals surface area (Å²) in [6, 6.07) is 3.97. The van der Waals surface area contributed by atoms with E-state index >= 15 is 0 Å². The number of carbonyl (C=O) groups is 1. The Bertz CT molecular complexity index is 484. The largest absolute Gasteiger partial charge is 0.345 e. The predicted molar refractivity (Wildman–Crippen MR) is 70.3 cm³/mol. The van der Waals surface area contributed by atoms with Crippen molar-refractivity contribution in [3.8, 4) is 0 Å². The summed E-state index contributed by atoms with van der Waals surface area (Å²) in [5.74, 6) is -0.0381. The molecule has 2 aromatic heterocycles. The first-order valence-corrected chi connectivity index (χ1v) is 6.71. The second-order valence-corrected chi connectivity index (χ2v) is 6.33. The van der Waals surface area contributed by atoms with Gasteiger partial charge in [0, 0.05) is 21.5 Å². The van der Waals surface area contributed by atoms with E-state index in [4.69, 9.17) is 5.73 Å². The third-order valence-electron chi connectivity index (χ3n) is 2.33. The summed E-state index contributed by atoms with van der Waals surface area (Å²) in [5, 5.41) is 4.96. The van der Waals surface area contributed by atoms with Gasteiger partial charge in [-0.1, -0.05) is 0 Å². The van der Waals surface area contributed by atoms with Crippen LogP contribution in [0, 0.1) is 0 Å². The molecule has 0 fully saturated rings. The van der Waals surface area contributed by atoms with Gasteiger partial charge in [0.15, 0.2) is 0 Å². The van der Waals surface area contributed by atoms with E-state index in [0.29, 0.717) is 6.54 Å². The lowest BCUT2D eigenvalue weighted by Gasteiger charge is -2.23. The van der Waals surface area contributed by atoms with Crippen LogP contribution in [0.5, 0.6) is 0 Å². The molecule has 3 nitrogen and oxygen atoms in total.